The Morgan fingerprint density at radius 1 is 1.20 bits per heavy atom. The quantitative estimate of drug-likeness (QED) is 0.488. The number of hydrogen-bond acceptors (Lipinski definition) is 5. The molecule has 9 heteroatoms. The van der Waals surface area contributed by atoms with Gasteiger partial charge in [0.2, 0.25) is 0 Å². The second kappa shape index (κ2) is 7.75. The number of carbonyl (C=O) groups is 1. The molecule has 25 heavy (non-hydrogen) atoms. The largest absolute Gasteiger partial charge is 0.444 e. The third-order valence-corrected chi connectivity index (χ3v) is 5.06. The molecule has 1 aromatic carbocycles. The van der Waals surface area contributed by atoms with Crippen molar-refractivity contribution in [3.8, 4) is 0 Å². The molecule has 0 unspecified atom stereocenters. The molecule has 0 aliphatic carbocycles. The fraction of sp³-hybridized carbons (Fsp3) is 0.562. The van der Waals surface area contributed by atoms with Crippen molar-refractivity contribution >= 4 is 38.9 Å². The van der Waals surface area contributed by atoms with Crippen LogP contribution in [0, 0.1) is 3.57 Å². The van der Waals surface area contributed by atoms with E-state index in [0.29, 0.717) is 36.3 Å². The molecule has 0 radical (unpaired) electrons. The number of benzene rings is 1. The average Bonchev–Trinajstić information content (AvgIpc) is 2.44. The van der Waals surface area contributed by atoms with E-state index in [4.69, 9.17) is 4.74 Å². The summed E-state index contributed by atoms with van der Waals surface area (Å²) in [6.07, 6.45) is -0.327. The molecular weight excluding hydrogens is 462 g/mol. The number of carbonyl (C=O) groups excluding carboxylic acids is 1. The fourth-order valence-electron chi connectivity index (χ4n) is 2.53. The summed E-state index contributed by atoms with van der Waals surface area (Å²) >= 11 is 1.97. The van der Waals surface area contributed by atoms with Crippen LogP contribution in [0.1, 0.15) is 26.3 Å². The maximum absolute atomic E-state index is 13.2. The summed E-state index contributed by atoms with van der Waals surface area (Å²) in [6.45, 7) is 8.34. The fourth-order valence-corrected chi connectivity index (χ4v) is 4.03. The first-order valence-electron chi connectivity index (χ1n) is 7.88. The first-order valence-corrected chi connectivity index (χ1v) is 10.3. The first kappa shape index (κ1) is 20.4. The van der Waals surface area contributed by atoms with Crippen LogP contribution in [0.4, 0.5) is 8.68 Å². The molecule has 1 amide bonds. The van der Waals surface area contributed by atoms with E-state index in [-0.39, 0.29) is 11.0 Å². The standard InChI is InChI=1S/C16H22FIN2O4S/c1-16(2,3)24-15(21)20-6-4-19(5-7-20)11-12-8-13(18)10-14(9-12)25(17,22)23/h8-10H,4-7,11H2,1-3H3. The van der Waals surface area contributed by atoms with Gasteiger partial charge in [0.05, 0.1) is 4.90 Å². The van der Waals surface area contributed by atoms with Crippen molar-refractivity contribution in [3.05, 3.63) is 27.3 Å². The predicted octanol–water partition coefficient (Wildman–Crippen LogP) is 3.00. The third kappa shape index (κ3) is 6.37. The van der Waals surface area contributed by atoms with Crippen molar-refractivity contribution in [2.75, 3.05) is 26.2 Å². The Hall–Kier alpha value is -0.940. The number of halogens is 2. The molecule has 0 N–H and O–H groups in total. The van der Waals surface area contributed by atoms with Crippen LogP contribution in [-0.4, -0.2) is 56.1 Å². The van der Waals surface area contributed by atoms with Crippen molar-refractivity contribution in [3.63, 3.8) is 0 Å². The number of nitrogens with zero attached hydrogens (tertiary/aromatic N) is 2. The monoisotopic (exact) mass is 484 g/mol. The Kier molecular flexibility index (Phi) is 6.31. The van der Waals surface area contributed by atoms with E-state index in [1.807, 2.05) is 49.4 Å². The van der Waals surface area contributed by atoms with E-state index in [2.05, 4.69) is 4.90 Å². The summed E-state index contributed by atoms with van der Waals surface area (Å²) in [7, 11) is -4.72. The van der Waals surface area contributed by atoms with Crippen LogP contribution < -0.4 is 0 Å². The molecule has 1 aliphatic heterocycles. The van der Waals surface area contributed by atoms with Gasteiger partial charge in [-0.05, 0) is 67.1 Å². The third-order valence-electron chi connectivity index (χ3n) is 3.64. The molecule has 1 saturated heterocycles. The number of ether oxygens (including phenoxy) is 1. The van der Waals surface area contributed by atoms with Crippen molar-refractivity contribution in [1.82, 2.24) is 9.80 Å². The molecule has 0 saturated carbocycles. The van der Waals surface area contributed by atoms with Gasteiger partial charge in [-0.2, -0.15) is 8.42 Å². The first-order chi connectivity index (χ1) is 11.4. The Morgan fingerprint density at radius 2 is 1.80 bits per heavy atom. The molecule has 1 aromatic rings. The van der Waals surface area contributed by atoms with Gasteiger partial charge in [-0.1, -0.05) is 0 Å². The minimum Gasteiger partial charge on any atom is -0.444 e. The minimum absolute atomic E-state index is 0.318. The lowest BCUT2D eigenvalue weighted by atomic mass is 10.2. The Morgan fingerprint density at radius 3 is 2.32 bits per heavy atom. The molecule has 0 aromatic heterocycles. The molecule has 2 rings (SSSR count). The van der Waals surface area contributed by atoms with Crippen LogP contribution in [0.2, 0.25) is 0 Å². The van der Waals surface area contributed by atoms with E-state index in [1.54, 1.807) is 4.90 Å². The topological polar surface area (TPSA) is 66.9 Å². The lowest BCUT2D eigenvalue weighted by Gasteiger charge is -2.35. The molecule has 0 bridgehead atoms. The van der Waals surface area contributed by atoms with Gasteiger partial charge >= 0.3 is 16.3 Å². The van der Waals surface area contributed by atoms with Gasteiger partial charge in [-0.3, -0.25) is 4.90 Å². The highest BCUT2D eigenvalue weighted by Gasteiger charge is 2.26. The molecule has 0 spiro atoms. The average molecular weight is 484 g/mol. The Labute approximate surface area is 161 Å². The molecular formula is C16H22FIN2O4S. The van der Waals surface area contributed by atoms with Crippen molar-refractivity contribution in [1.29, 1.82) is 0 Å². The number of amides is 1. The second-order valence-electron chi connectivity index (χ2n) is 6.98. The molecule has 140 valence electrons. The lowest BCUT2D eigenvalue weighted by Crippen LogP contribution is -2.49. The summed E-state index contributed by atoms with van der Waals surface area (Å²) in [5, 5.41) is 0. The summed E-state index contributed by atoms with van der Waals surface area (Å²) < 4.78 is 41.5. The highest BCUT2D eigenvalue weighted by molar-refractivity contribution is 14.1. The molecule has 0 atom stereocenters. The van der Waals surface area contributed by atoms with Crippen molar-refractivity contribution < 1.29 is 21.8 Å². The smallest absolute Gasteiger partial charge is 0.410 e. The van der Waals surface area contributed by atoms with Crippen LogP contribution >= 0.6 is 22.6 Å². The zero-order chi connectivity index (χ0) is 18.8. The zero-order valence-corrected chi connectivity index (χ0v) is 17.4. The van der Waals surface area contributed by atoms with Crippen LogP contribution in [-0.2, 0) is 21.5 Å². The normalized spacial score (nSPS) is 16.8. The van der Waals surface area contributed by atoms with Gasteiger partial charge in [0.1, 0.15) is 5.60 Å². The van der Waals surface area contributed by atoms with Gasteiger partial charge in [-0.25, -0.2) is 4.79 Å². The lowest BCUT2D eigenvalue weighted by molar-refractivity contribution is 0.0139. The van der Waals surface area contributed by atoms with Gasteiger partial charge in [0, 0.05) is 36.3 Å². The molecule has 6 nitrogen and oxygen atoms in total. The molecule has 1 aliphatic rings. The van der Waals surface area contributed by atoms with Crippen LogP contribution in [0.5, 0.6) is 0 Å². The van der Waals surface area contributed by atoms with Gasteiger partial charge in [-0.15, -0.1) is 3.89 Å². The van der Waals surface area contributed by atoms with Crippen molar-refractivity contribution in [2.24, 2.45) is 0 Å². The van der Waals surface area contributed by atoms with E-state index in [0.717, 1.165) is 5.56 Å². The SMILES string of the molecule is CC(C)(C)OC(=O)N1CCN(Cc2cc(I)cc(S(=O)(=O)F)c2)CC1. The predicted molar refractivity (Wildman–Crippen MR) is 101 cm³/mol. The Bertz CT molecular complexity index is 741. The highest BCUT2D eigenvalue weighted by Crippen LogP contribution is 2.20. The summed E-state index contributed by atoms with van der Waals surface area (Å²) in [6, 6.07) is 4.49. The summed E-state index contributed by atoms with van der Waals surface area (Å²) in [5.41, 5.74) is 0.206. The van der Waals surface area contributed by atoms with Gasteiger partial charge in [0.25, 0.3) is 0 Å². The van der Waals surface area contributed by atoms with E-state index in [9.17, 15) is 17.1 Å². The zero-order valence-electron chi connectivity index (χ0n) is 14.5. The van der Waals surface area contributed by atoms with E-state index < -0.39 is 15.8 Å². The summed E-state index contributed by atoms with van der Waals surface area (Å²) in [4.78, 5) is 15.5. The van der Waals surface area contributed by atoms with Gasteiger partial charge in [0.15, 0.2) is 0 Å². The number of piperazine rings is 1. The maximum Gasteiger partial charge on any atom is 0.410 e. The highest BCUT2D eigenvalue weighted by atomic mass is 127. The molecule has 1 heterocycles. The molecule has 1 fully saturated rings. The van der Waals surface area contributed by atoms with Crippen LogP contribution in [0.25, 0.3) is 0 Å². The number of hydrogen-bond donors (Lipinski definition) is 0. The maximum atomic E-state index is 13.2. The van der Waals surface area contributed by atoms with E-state index >= 15 is 0 Å². The summed E-state index contributed by atoms with van der Waals surface area (Å²) in [5.74, 6) is 0. The second-order valence-corrected chi connectivity index (χ2v) is 9.57. The van der Waals surface area contributed by atoms with E-state index in [1.165, 1.54) is 12.1 Å². The van der Waals surface area contributed by atoms with Crippen molar-refractivity contribution in [2.45, 2.75) is 37.8 Å². The van der Waals surface area contributed by atoms with Crippen LogP contribution in [0.3, 0.4) is 0 Å². The number of rotatable bonds is 3. The van der Waals surface area contributed by atoms with Gasteiger partial charge < -0.3 is 9.64 Å². The Balaban J connectivity index is 1.97. The minimum atomic E-state index is -4.72. The van der Waals surface area contributed by atoms with Crippen LogP contribution in [0.15, 0.2) is 23.1 Å².